The average molecular weight is 467 g/mol. The van der Waals surface area contributed by atoms with Crippen LogP contribution in [0.2, 0.25) is 0 Å². The van der Waals surface area contributed by atoms with Crippen molar-refractivity contribution in [1.29, 1.82) is 0 Å². The number of imidazole rings is 1. The number of pyridine rings is 1. The van der Waals surface area contributed by atoms with Crippen LogP contribution < -0.4 is 15.5 Å². The van der Waals surface area contributed by atoms with Crippen LogP contribution in [-0.4, -0.2) is 54.2 Å². The van der Waals surface area contributed by atoms with Crippen LogP contribution in [0.3, 0.4) is 0 Å². The highest BCUT2D eigenvalue weighted by molar-refractivity contribution is 5.97. The van der Waals surface area contributed by atoms with E-state index >= 15 is 0 Å². The first kappa shape index (κ1) is 22.2. The molecule has 34 heavy (non-hydrogen) atoms. The van der Waals surface area contributed by atoms with Gasteiger partial charge in [-0.1, -0.05) is 0 Å². The quantitative estimate of drug-likeness (QED) is 0.474. The second-order valence-electron chi connectivity index (χ2n) is 8.99. The summed E-state index contributed by atoms with van der Waals surface area (Å²) in [5, 5.41) is 16.4. The number of nitrogens with zero attached hydrogens (tertiary/aromatic N) is 6. The van der Waals surface area contributed by atoms with Crippen molar-refractivity contribution in [2.75, 3.05) is 22.1 Å². The second kappa shape index (κ2) is 8.98. The summed E-state index contributed by atoms with van der Waals surface area (Å²) < 4.78 is 15.1. The molecule has 3 N–H and O–H groups in total. The highest BCUT2D eigenvalue weighted by Gasteiger charge is 2.38. The number of anilines is 4. The molecule has 4 heterocycles. The van der Waals surface area contributed by atoms with Crippen LogP contribution in [0.15, 0.2) is 30.9 Å². The maximum Gasteiger partial charge on any atom is 0.247 e. The zero-order valence-electron chi connectivity index (χ0n) is 19.1. The normalized spacial score (nSPS) is 19.5. The van der Waals surface area contributed by atoms with E-state index in [2.05, 4.69) is 34.4 Å². The van der Waals surface area contributed by atoms with Gasteiger partial charge in [-0.3, -0.25) is 4.79 Å². The fraction of sp³-hybridized carbons (Fsp3) is 0.435. The molecule has 1 fully saturated rings. The van der Waals surface area contributed by atoms with E-state index in [4.69, 9.17) is 9.97 Å². The fourth-order valence-electron chi connectivity index (χ4n) is 4.41. The Hall–Kier alpha value is -3.60. The smallest absolute Gasteiger partial charge is 0.247 e. The van der Waals surface area contributed by atoms with Gasteiger partial charge in [-0.2, -0.15) is 9.37 Å². The lowest BCUT2D eigenvalue weighted by Gasteiger charge is -2.25. The lowest BCUT2D eigenvalue weighted by molar-refractivity contribution is -0.117. The summed E-state index contributed by atoms with van der Waals surface area (Å²) in [6.45, 7) is 4.40. The number of β-amino-alcohol motifs (C(OH)–C–C–N with tert-alkyl or cyclic N) is 1. The number of hydrogen-bond acceptors (Lipinski definition) is 8. The molecule has 3 aromatic heterocycles. The number of aryl methyl sites for hydroxylation is 1. The Balaban J connectivity index is 1.42. The van der Waals surface area contributed by atoms with Crippen molar-refractivity contribution in [3.8, 4) is 0 Å². The molecule has 0 radical (unpaired) electrons. The van der Waals surface area contributed by atoms with Gasteiger partial charge in [0, 0.05) is 30.8 Å². The number of aliphatic hydroxyl groups excluding tert-OH is 1. The standard InChI is InChI=1S/C23H27FN8O2/c1-13(2)31-11-20(26-12-31)29-21-16-4-3-5-17(16)28-23(30-21)32-10-15(33)8-18(32)22(34)27-14-6-7-19(24)25-9-14/h6-7,9,11-13,15,18,33H,3-5,8,10H2,1-2H3,(H,27,34)(H,28,29,30)/t15-,18+/m1/s1. The third kappa shape index (κ3) is 4.43. The number of halogens is 1. The number of carbonyl (C=O) groups is 1. The Morgan fingerprint density at radius 3 is 2.82 bits per heavy atom. The zero-order chi connectivity index (χ0) is 23.8. The molecule has 0 bridgehead atoms. The van der Waals surface area contributed by atoms with E-state index in [0.29, 0.717) is 23.3 Å². The van der Waals surface area contributed by atoms with Crippen molar-refractivity contribution in [1.82, 2.24) is 24.5 Å². The Morgan fingerprint density at radius 2 is 2.09 bits per heavy atom. The molecule has 0 unspecified atom stereocenters. The van der Waals surface area contributed by atoms with Gasteiger partial charge in [0.2, 0.25) is 17.8 Å². The number of fused-ring (bicyclic) bond motifs is 1. The second-order valence-corrected chi connectivity index (χ2v) is 8.99. The molecule has 1 amide bonds. The molecule has 1 saturated heterocycles. The SMILES string of the molecule is CC(C)n1cnc(Nc2nc(N3C[C@H](O)C[C@H]3C(=O)Nc3ccc(F)nc3)nc3c2CCC3)c1. The molecule has 2 aliphatic rings. The summed E-state index contributed by atoms with van der Waals surface area (Å²) in [6.07, 6.45) is 7.18. The van der Waals surface area contributed by atoms with E-state index in [9.17, 15) is 14.3 Å². The van der Waals surface area contributed by atoms with Crippen LogP contribution in [0.4, 0.5) is 27.7 Å². The highest BCUT2D eigenvalue weighted by atomic mass is 19.1. The molecule has 0 aromatic carbocycles. The summed E-state index contributed by atoms with van der Waals surface area (Å²) in [6, 6.07) is 2.24. The third-order valence-corrected chi connectivity index (χ3v) is 6.20. The zero-order valence-corrected chi connectivity index (χ0v) is 19.1. The Bertz CT molecular complexity index is 1200. The van der Waals surface area contributed by atoms with Crippen LogP contribution in [-0.2, 0) is 17.6 Å². The molecule has 1 aliphatic carbocycles. The molecule has 0 spiro atoms. The van der Waals surface area contributed by atoms with E-state index in [1.54, 1.807) is 11.2 Å². The molecule has 178 valence electrons. The van der Waals surface area contributed by atoms with Crippen molar-refractivity contribution >= 4 is 29.2 Å². The molecule has 2 atom stereocenters. The number of hydrogen-bond donors (Lipinski definition) is 3. The summed E-state index contributed by atoms with van der Waals surface area (Å²) in [4.78, 5) is 32.3. The van der Waals surface area contributed by atoms with Crippen LogP contribution in [0, 0.1) is 5.95 Å². The van der Waals surface area contributed by atoms with E-state index in [1.165, 1.54) is 18.3 Å². The van der Waals surface area contributed by atoms with Crippen LogP contribution >= 0.6 is 0 Å². The van der Waals surface area contributed by atoms with Gasteiger partial charge in [-0.05, 0) is 45.2 Å². The number of rotatable bonds is 6. The maximum absolute atomic E-state index is 13.1. The summed E-state index contributed by atoms with van der Waals surface area (Å²) in [5.41, 5.74) is 2.38. The molecule has 11 heteroatoms. The number of aromatic nitrogens is 5. The van der Waals surface area contributed by atoms with Crippen molar-refractivity contribution in [3.63, 3.8) is 0 Å². The lowest BCUT2D eigenvalue weighted by atomic mass is 10.2. The van der Waals surface area contributed by atoms with Crippen LogP contribution in [0.5, 0.6) is 0 Å². The fourth-order valence-corrected chi connectivity index (χ4v) is 4.41. The van der Waals surface area contributed by atoms with E-state index in [-0.39, 0.29) is 24.9 Å². The number of aliphatic hydroxyl groups is 1. The predicted molar refractivity (Wildman–Crippen MR) is 125 cm³/mol. The number of carbonyl (C=O) groups excluding carboxylic acids is 1. The lowest BCUT2D eigenvalue weighted by Crippen LogP contribution is -2.40. The van der Waals surface area contributed by atoms with Gasteiger partial charge >= 0.3 is 0 Å². The van der Waals surface area contributed by atoms with Gasteiger partial charge in [0.15, 0.2) is 0 Å². The predicted octanol–water partition coefficient (Wildman–Crippen LogP) is 2.60. The van der Waals surface area contributed by atoms with Gasteiger partial charge in [-0.15, -0.1) is 0 Å². The van der Waals surface area contributed by atoms with Crippen LogP contribution in [0.25, 0.3) is 0 Å². The number of amides is 1. The van der Waals surface area contributed by atoms with Crippen LogP contribution in [0.1, 0.15) is 44.0 Å². The Kier molecular flexibility index (Phi) is 5.86. The minimum absolute atomic E-state index is 0.236. The van der Waals surface area contributed by atoms with Gasteiger partial charge in [0.1, 0.15) is 17.7 Å². The van der Waals surface area contributed by atoms with Crippen molar-refractivity contribution < 1.29 is 14.3 Å². The summed E-state index contributed by atoms with van der Waals surface area (Å²) in [7, 11) is 0. The van der Waals surface area contributed by atoms with Gasteiger partial charge < -0.3 is 25.2 Å². The topological polar surface area (TPSA) is 121 Å². The van der Waals surface area contributed by atoms with Gasteiger partial charge in [0.05, 0.1) is 30.0 Å². The average Bonchev–Trinajstić information content (AvgIpc) is 3.54. The first-order valence-electron chi connectivity index (χ1n) is 11.4. The van der Waals surface area contributed by atoms with E-state index in [0.717, 1.165) is 30.5 Å². The van der Waals surface area contributed by atoms with Crippen molar-refractivity contribution in [2.45, 2.75) is 57.7 Å². The van der Waals surface area contributed by atoms with E-state index < -0.39 is 18.1 Å². The largest absolute Gasteiger partial charge is 0.391 e. The van der Waals surface area contributed by atoms with E-state index in [1.807, 2.05) is 10.8 Å². The Morgan fingerprint density at radius 1 is 1.24 bits per heavy atom. The number of nitrogens with one attached hydrogen (secondary N) is 2. The first-order chi connectivity index (χ1) is 16.4. The monoisotopic (exact) mass is 466 g/mol. The molecule has 5 rings (SSSR count). The first-order valence-corrected chi connectivity index (χ1v) is 11.4. The molecular weight excluding hydrogens is 439 g/mol. The summed E-state index contributed by atoms with van der Waals surface area (Å²) in [5.74, 6) is 0.794. The summed E-state index contributed by atoms with van der Waals surface area (Å²) >= 11 is 0. The van der Waals surface area contributed by atoms with Crippen molar-refractivity contribution in [3.05, 3.63) is 48.1 Å². The molecule has 1 aliphatic heterocycles. The maximum atomic E-state index is 13.1. The minimum Gasteiger partial charge on any atom is -0.391 e. The van der Waals surface area contributed by atoms with Crippen molar-refractivity contribution in [2.24, 2.45) is 0 Å². The Labute approximate surface area is 196 Å². The molecule has 10 nitrogen and oxygen atoms in total. The molecule has 3 aromatic rings. The molecular formula is C23H27FN8O2. The van der Waals surface area contributed by atoms with Gasteiger partial charge in [0.25, 0.3) is 0 Å². The highest BCUT2D eigenvalue weighted by Crippen LogP contribution is 2.33. The van der Waals surface area contributed by atoms with Gasteiger partial charge in [-0.25, -0.2) is 15.0 Å². The minimum atomic E-state index is -0.697. The molecule has 0 saturated carbocycles. The third-order valence-electron chi connectivity index (χ3n) is 6.20.